The van der Waals surface area contributed by atoms with Gasteiger partial charge in [-0.25, -0.2) is 12.8 Å². The smallest absolute Gasteiger partial charge is 0.270 e. The van der Waals surface area contributed by atoms with Crippen molar-refractivity contribution in [1.82, 2.24) is 0 Å². The number of nitrogens with zero attached hydrogens (tertiary/aromatic N) is 2. The maximum absolute atomic E-state index is 13.7. The van der Waals surface area contributed by atoms with Gasteiger partial charge >= 0.3 is 0 Å². The minimum atomic E-state index is -3.81. The van der Waals surface area contributed by atoms with E-state index in [0.29, 0.717) is 5.56 Å². The highest BCUT2D eigenvalue weighted by atomic mass is 32.2. The van der Waals surface area contributed by atoms with Gasteiger partial charge in [-0.1, -0.05) is 30.3 Å². The first-order valence-electron chi connectivity index (χ1n) is 6.76. The lowest BCUT2D eigenvalue weighted by atomic mass is 10.1. The van der Waals surface area contributed by atoms with Crippen molar-refractivity contribution in [2.24, 2.45) is 0 Å². The molecule has 122 valence electrons. The summed E-state index contributed by atoms with van der Waals surface area (Å²) in [5, 5.41) is 10.9. The van der Waals surface area contributed by atoms with E-state index in [1.807, 2.05) is 0 Å². The fourth-order valence-electron chi connectivity index (χ4n) is 2.13. The first-order valence-corrected chi connectivity index (χ1v) is 8.37. The summed E-state index contributed by atoms with van der Waals surface area (Å²) >= 11 is 0. The van der Waals surface area contributed by atoms with Crippen LogP contribution in [-0.4, -0.2) is 26.1 Å². The van der Waals surface area contributed by atoms with E-state index in [0.717, 1.165) is 4.31 Å². The van der Waals surface area contributed by atoms with Crippen LogP contribution in [0.5, 0.6) is 0 Å². The summed E-state index contributed by atoms with van der Waals surface area (Å²) in [5.74, 6) is -1.01. The van der Waals surface area contributed by atoms with Gasteiger partial charge in [0.05, 0.1) is 16.4 Å². The molecule has 0 aliphatic carbocycles. The lowest BCUT2D eigenvalue weighted by Crippen LogP contribution is -2.30. The standard InChI is InChI=1S/C15H15FN2O4S/c1-17(15-9-5-3-7-13(15)16)23(21,22)11-10-12-6-2-4-8-14(12)18(19)20/h2-9H,10-11H2,1H3. The number of para-hydroxylation sites is 2. The monoisotopic (exact) mass is 338 g/mol. The van der Waals surface area contributed by atoms with Crippen molar-refractivity contribution in [3.05, 3.63) is 70.0 Å². The Hall–Kier alpha value is -2.48. The molecule has 0 aromatic heterocycles. The Morgan fingerprint density at radius 3 is 2.39 bits per heavy atom. The van der Waals surface area contributed by atoms with E-state index < -0.39 is 20.8 Å². The summed E-state index contributed by atoms with van der Waals surface area (Å²) in [7, 11) is -2.55. The van der Waals surface area contributed by atoms with Crippen molar-refractivity contribution in [3.63, 3.8) is 0 Å². The summed E-state index contributed by atoms with van der Waals surface area (Å²) in [4.78, 5) is 10.4. The van der Waals surface area contributed by atoms with E-state index in [9.17, 15) is 22.9 Å². The van der Waals surface area contributed by atoms with Crippen LogP contribution in [0.25, 0.3) is 0 Å². The number of rotatable bonds is 6. The SMILES string of the molecule is CN(c1ccccc1F)S(=O)(=O)CCc1ccccc1[N+](=O)[O-]. The molecule has 0 N–H and O–H groups in total. The van der Waals surface area contributed by atoms with Gasteiger partial charge in [0.15, 0.2) is 0 Å². The lowest BCUT2D eigenvalue weighted by Gasteiger charge is -2.19. The van der Waals surface area contributed by atoms with Crippen molar-refractivity contribution < 1.29 is 17.7 Å². The van der Waals surface area contributed by atoms with E-state index >= 15 is 0 Å². The Balaban J connectivity index is 2.20. The fraction of sp³-hybridized carbons (Fsp3) is 0.200. The van der Waals surface area contributed by atoms with Gasteiger partial charge in [0, 0.05) is 18.7 Å². The van der Waals surface area contributed by atoms with Gasteiger partial charge in [-0.2, -0.15) is 0 Å². The van der Waals surface area contributed by atoms with Crippen LogP contribution in [0.15, 0.2) is 48.5 Å². The number of benzene rings is 2. The predicted molar refractivity (Wildman–Crippen MR) is 85.4 cm³/mol. The second kappa shape index (κ2) is 6.74. The van der Waals surface area contributed by atoms with Crippen LogP contribution in [0.3, 0.4) is 0 Å². The second-order valence-corrected chi connectivity index (χ2v) is 6.99. The molecule has 2 aromatic rings. The molecule has 8 heteroatoms. The second-order valence-electron chi connectivity index (χ2n) is 4.87. The summed E-state index contributed by atoms with van der Waals surface area (Å²) < 4.78 is 39.2. The average molecular weight is 338 g/mol. The maximum Gasteiger partial charge on any atom is 0.272 e. The Morgan fingerprint density at radius 2 is 1.74 bits per heavy atom. The molecule has 0 unspecified atom stereocenters. The molecule has 0 saturated heterocycles. The Morgan fingerprint density at radius 1 is 1.13 bits per heavy atom. The minimum absolute atomic E-state index is 0.0295. The molecule has 0 aliphatic heterocycles. The largest absolute Gasteiger partial charge is 0.272 e. The zero-order chi connectivity index (χ0) is 17.0. The third-order valence-corrected chi connectivity index (χ3v) is 5.18. The molecule has 0 fully saturated rings. The summed E-state index contributed by atoms with van der Waals surface area (Å²) in [6.45, 7) is 0. The molecule has 0 saturated carbocycles. The summed E-state index contributed by atoms with van der Waals surface area (Å²) in [5.41, 5.74) is 0.134. The van der Waals surface area contributed by atoms with Crippen molar-refractivity contribution in [2.45, 2.75) is 6.42 Å². The summed E-state index contributed by atoms with van der Waals surface area (Å²) in [6.07, 6.45) is -0.0295. The number of halogens is 1. The van der Waals surface area contributed by atoms with Gasteiger partial charge in [0.1, 0.15) is 5.82 Å². The molecule has 0 bridgehead atoms. The van der Waals surface area contributed by atoms with E-state index in [1.165, 1.54) is 49.5 Å². The molecule has 2 rings (SSSR count). The Kier molecular flexibility index (Phi) is 4.95. The number of nitro groups is 1. The van der Waals surface area contributed by atoms with Crippen molar-refractivity contribution in [2.75, 3.05) is 17.1 Å². The number of aryl methyl sites for hydroxylation is 1. The molecular formula is C15H15FN2O4S. The molecule has 0 radical (unpaired) electrons. The normalized spacial score (nSPS) is 11.2. The van der Waals surface area contributed by atoms with Crippen molar-refractivity contribution in [3.8, 4) is 0 Å². The van der Waals surface area contributed by atoms with Crippen LogP contribution >= 0.6 is 0 Å². The average Bonchev–Trinajstić information content (AvgIpc) is 2.53. The van der Waals surface area contributed by atoms with Gasteiger partial charge < -0.3 is 0 Å². The van der Waals surface area contributed by atoms with Gasteiger partial charge in [-0.3, -0.25) is 14.4 Å². The molecule has 0 aliphatic rings. The van der Waals surface area contributed by atoms with Gasteiger partial charge in [-0.15, -0.1) is 0 Å². The maximum atomic E-state index is 13.7. The molecule has 6 nitrogen and oxygen atoms in total. The Labute approximate surface area is 133 Å². The lowest BCUT2D eigenvalue weighted by molar-refractivity contribution is -0.385. The minimum Gasteiger partial charge on any atom is -0.270 e. The molecule has 0 amide bonds. The molecule has 0 heterocycles. The number of hydrogen-bond donors (Lipinski definition) is 0. The Bertz CT molecular complexity index is 824. The fourth-order valence-corrected chi connectivity index (χ4v) is 3.33. The van der Waals surface area contributed by atoms with Crippen LogP contribution in [0.4, 0.5) is 15.8 Å². The molecule has 0 spiro atoms. The van der Waals surface area contributed by atoms with Gasteiger partial charge in [0.2, 0.25) is 10.0 Å². The highest BCUT2D eigenvalue weighted by Gasteiger charge is 2.22. The number of sulfonamides is 1. The molecular weight excluding hydrogens is 323 g/mol. The highest BCUT2D eigenvalue weighted by molar-refractivity contribution is 7.92. The van der Waals surface area contributed by atoms with E-state index in [2.05, 4.69) is 0 Å². The third kappa shape index (κ3) is 3.84. The van der Waals surface area contributed by atoms with Crippen LogP contribution in [0.1, 0.15) is 5.56 Å². The zero-order valence-electron chi connectivity index (χ0n) is 12.3. The van der Waals surface area contributed by atoms with Crippen molar-refractivity contribution in [1.29, 1.82) is 0 Å². The molecule has 0 atom stereocenters. The highest BCUT2D eigenvalue weighted by Crippen LogP contribution is 2.22. The van der Waals surface area contributed by atoms with Crippen LogP contribution in [-0.2, 0) is 16.4 Å². The zero-order valence-corrected chi connectivity index (χ0v) is 13.2. The predicted octanol–water partition coefficient (Wildman–Crippen LogP) is 2.74. The topological polar surface area (TPSA) is 80.5 Å². The molecule has 23 heavy (non-hydrogen) atoms. The third-order valence-electron chi connectivity index (χ3n) is 3.43. The first-order chi connectivity index (χ1) is 10.8. The first kappa shape index (κ1) is 16.9. The number of hydrogen-bond acceptors (Lipinski definition) is 4. The molecule has 2 aromatic carbocycles. The van der Waals surface area contributed by atoms with Crippen LogP contribution in [0, 0.1) is 15.9 Å². The van der Waals surface area contributed by atoms with Gasteiger partial charge in [-0.05, 0) is 18.6 Å². The number of anilines is 1. The van der Waals surface area contributed by atoms with Gasteiger partial charge in [0.25, 0.3) is 5.69 Å². The van der Waals surface area contributed by atoms with E-state index in [1.54, 1.807) is 6.07 Å². The van der Waals surface area contributed by atoms with Crippen molar-refractivity contribution >= 4 is 21.4 Å². The number of nitro benzene ring substituents is 1. The van der Waals surface area contributed by atoms with E-state index in [4.69, 9.17) is 0 Å². The van der Waals surface area contributed by atoms with Crippen LogP contribution < -0.4 is 4.31 Å². The van der Waals surface area contributed by atoms with Crippen LogP contribution in [0.2, 0.25) is 0 Å². The van der Waals surface area contributed by atoms with E-state index in [-0.39, 0.29) is 23.5 Å². The quantitative estimate of drug-likeness (QED) is 0.599. The summed E-state index contributed by atoms with van der Waals surface area (Å²) in [6, 6.07) is 11.5.